The molecule has 0 saturated carbocycles. The van der Waals surface area contributed by atoms with Crippen molar-refractivity contribution < 1.29 is 19.0 Å². The quantitative estimate of drug-likeness (QED) is 0.808. The van der Waals surface area contributed by atoms with Crippen molar-refractivity contribution in [2.24, 2.45) is 5.73 Å². The van der Waals surface area contributed by atoms with Crippen LogP contribution in [-0.2, 0) is 4.74 Å². The molecule has 2 N–H and O–H groups in total. The highest BCUT2D eigenvalue weighted by Gasteiger charge is 2.22. The first-order valence-corrected chi connectivity index (χ1v) is 10.1. The first-order valence-electron chi connectivity index (χ1n) is 10.1. The Bertz CT molecular complexity index is 822. The molecule has 7 nitrogen and oxygen atoms in total. The normalized spacial score (nSPS) is 17.6. The smallest absolute Gasteiger partial charge is 0.405 e. The lowest BCUT2D eigenvalue weighted by atomic mass is 10.1. The van der Waals surface area contributed by atoms with E-state index >= 15 is 0 Å². The van der Waals surface area contributed by atoms with E-state index in [9.17, 15) is 4.79 Å². The third-order valence-electron chi connectivity index (χ3n) is 5.40. The number of carbonyl (C=O) groups excluding carboxylic acids is 1. The van der Waals surface area contributed by atoms with Gasteiger partial charge in [0, 0.05) is 50.9 Å². The number of benzene rings is 2. The number of primary amides is 1. The van der Waals surface area contributed by atoms with E-state index in [1.54, 1.807) is 0 Å². The van der Waals surface area contributed by atoms with Gasteiger partial charge in [-0.1, -0.05) is 30.3 Å². The van der Waals surface area contributed by atoms with Gasteiger partial charge in [-0.25, -0.2) is 4.79 Å². The summed E-state index contributed by atoms with van der Waals surface area (Å²) in [4.78, 5) is 16.1. The second-order valence-electron chi connectivity index (χ2n) is 7.28. The summed E-state index contributed by atoms with van der Waals surface area (Å²) in [6, 6.07) is 15.9. The highest BCUT2D eigenvalue weighted by atomic mass is 16.6. The average molecular weight is 397 g/mol. The predicted octanol–water partition coefficient (Wildman–Crippen LogP) is 2.81. The highest BCUT2D eigenvalue weighted by Crippen LogP contribution is 2.34. The van der Waals surface area contributed by atoms with E-state index in [0.717, 1.165) is 61.9 Å². The maximum Gasteiger partial charge on any atom is 0.405 e. The Morgan fingerprint density at radius 2 is 1.72 bits per heavy atom. The van der Waals surface area contributed by atoms with Crippen molar-refractivity contribution in [3.63, 3.8) is 0 Å². The number of piperazine rings is 1. The first-order chi connectivity index (χ1) is 14.2. The number of hydrogen-bond acceptors (Lipinski definition) is 6. The van der Waals surface area contributed by atoms with Crippen molar-refractivity contribution in [1.29, 1.82) is 0 Å². The zero-order chi connectivity index (χ0) is 20.1. The number of anilines is 1. The molecule has 4 rings (SSSR count). The molecular formula is C22H27N3O4. The van der Waals surface area contributed by atoms with Gasteiger partial charge in [0.1, 0.15) is 19.3 Å². The molecule has 1 atom stereocenters. The van der Waals surface area contributed by atoms with Gasteiger partial charge in [-0.3, -0.25) is 4.90 Å². The summed E-state index contributed by atoms with van der Waals surface area (Å²) in [6.45, 7) is 5.83. The highest BCUT2D eigenvalue weighted by molar-refractivity contribution is 5.65. The van der Waals surface area contributed by atoms with Crippen LogP contribution in [0.1, 0.15) is 18.1 Å². The van der Waals surface area contributed by atoms with Gasteiger partial charge in [0.15, 0.2) is 11.5 Å². The summed E-state index contributed by atoms with van der Waals surface area (Å²) in [5, 5.41) is 0. The minimum absolute atomic E-state index is 0.315. The van der Waals surface area contributed by atoms with Gasteiger partial charge in [-0.15, -0.1) is 0 Å². The lowest BCUT2D eigenvalue weighted by Gasteiger charge is -2.37. The van der Waals surface area contributed by atoms with Gasteiger partial charge in [-0.2, -0.15) is 0 Å². The van der Waals surface area contributed by atoms with Crippen molar-refractivity contribution in [1.82, 2.24) is 4.90 Å². The number of carbonyl (C=O) groups is 1. The number of nitrogens with two attached hydrogens (primary N) is 1. The van der Waals surface area contributed by atoms with E-state index < -0.39 is 6.09 Å². The molecule has 154 valence electrons. The van der Waals surface area contributed by atoms with Crippen LogP contribution in [0.3, 0.4) is 0 Å². The Labute approximate surface area is 170 Å². The van der Waals surface area contributed by atoms with Crippen molar-refractivity contribution in [3.8, 4) is 11.5 Å². The van der Waals surface area contributed by atoms with E-state index in [2.05, 4.69) is 21.9 Å². The fourth-order valence-corrected chi connectivity index (χ4v) is 3.86. The zero-order valence-electron chi connectivity index (χ0n) is 16.5. The SMILES string of the molecule is NC(=O)OC(CCN1CCN(c2ccc3c(c2)OCCO3)CC1)c1ccccc1. The first kappa shape index (κ1) is 19.4. The van der Waals surface area contributed by atoms with Gasteiger partial charge in [0.25, 0.3) is 0 Å². The Kier molecular flexibility index (Phi) is 6.05. The molecule has 0 bridgehead atoms. The monoisotopic (exact) mass is 397 g/mol. The maximum absolute atomic E-state index is 11.3. The van der Waals surface area contributed by atoms with E-state index in [4.69, 9.17) is 19.9 Å². The standard InChI is InChI=1S/C22H27N3O4/c23-22(26)29-19(17-4-2-1-3-5-17)8-9-24-10-12-25(13-11-24)18-6-7-20-21(16-18)28-15-14-27-20/h1-7,16,19H,8-15H2,(H2,23,26). The van der Waals surface area contributed by atoms with Crippen LogP contribution in [0.4, 0.5) is 10.5 Å². The molecule has 1 saturated heterocycles. The molecule has 1 amide bonds. The fraction of sp³-hybridized carbons (Fsp3) is 0.409. The van der Waals surface area contributed by atoms with Crippen LogP contribution in [0.25, 0.3) is 0 Å². The predicted molar refractivity (Wildman–Crippen MR) is 111 cm³/mol. The minimum Gasteiger partial charge on any atom is -0.486 e. The van der Waals surface area contributed by atoms with E-state index in [1.165, 1.54) is 0 Å². The number of hydrogen-bond donors (Lipinski definition) is 1. The molecule has 0 spiro atoms. The molecule has 2 aromatic carbocycles. The third kappa shape index (κ3) is 4.92. The summed E-state index contributed by atoms with van der Waals surface area (Å²) in [5.74, 6) is 1.64. The van der Waals surface area contributed by atoms with Crippen molar-refractivity contribution >= 4 is 11.8 Å². The summed E-state index contributed by atoms with van der Waals surface area (Å²) >= 11 is 0. The van der Waals surface area contributed by atoms with Crippen LogP contribution < -0.4 is 20.1 Å². The number of nitrogens with zero attached hydrogens (tertiary/aromatic N) is 2. The molecule has 7 heteroatoms. The molecule has 2 aliphatic heterocycles. The number of amides is 1. The van der Waals surface area contributed by atoms with Gasteiger partial charge in [0.2, 0.25) is 0 Å². The Balaban J connectivity index is 1.31. The Morgan fingerprint density at radius 3 is 2.45 bits per heavy atom. The minimum atomic E-state index is -0.734. The van der Waals surface area contributed by atoms with Gasteiger partial charge < -0.3 is 24.8 Å². The summed E-state index contributed by atoms with van der Waals surface area (Å²) in [6.07, 6.45) is -0.330. The average Bonchev–Trinajstić information content (AvgIpc) is 2.77. The van der Waals surface area contributed by atoms with E-state index in [1.807, 2.05) is 36.4 Å². The van der Waals surface area contributed by atoms with Gasteiger partial charge in [-0.05, 0) is 17.7 Å². The second kappa shape index (κ2) is 9.05. The van der Waals surface area contributed by atoms with Crippen LogP contribution in [-0.4, -0.2) is 56.9 Å². The molecule has 0 radical (unpaired) electrons. The van der Waals surface area contributed by atoms with Crippen molar-refractivity contribution in [2.45, 2.75) is 12.5 Å². The number of fused-ring (bicyclic) bond motifs is 1. The van der Waals surface area contributed by atoms with Crippen LogP contribution in [0.5, 0.6) is 11.5 Å². The zero-order valence-corrected chi connectivity index (χ0v) is 16.5. The van der Waals surface area contributed by atoms with Crippen LogP contribution >= 0.6 is 0 Å². The molecule has 2 heterocycles. The number of ether oxygens (including phenoxy) is 3. The van der Waals surface area contributed by atoms with E-state index in [-0.39, 0.29) is 6.10 Å². The molecule has 29 heavy (non-hydrogen) atoms. The molecule has 2 aliphatic rings. The Hall–Kier alpha value is -2.93. The molecule has 1 unspecified atom stereocenters. The van der Waals surface area contributed by atoms with Gasteiger partial charge in [0.05, 0.1) is 0 Å². The summed E-state index contributed by atoms with van der Waals surface area (Å²) in [5.41, 5.74) is 7.40. The lowest BCUT2D eigenvalue weighted by Crippen LogP contribution is -2.47. The topological polar surface area (TPSA) is 77.3 Å². The lowest BCUT2D eigenvalue weighted by molar-refractivity contribution is 0.0910. The van der Waals surface area contributed by atoms with Crippen LogP contribution in [0.15, 0.2) is 48.5 Å². The Morgan fingerprint density at radius 1 is 1.00 bits per heavy atom. The summed E-state index contributed by atoms with van der Waals surface area (Å²) in [7, 11) is 0. The molecule has 0 aliphatic carbocycles. The van der Waals surface area contributed by atoms with Crippen LogP contribution in [0, 0.1) is 0 Å². The second-order valence-corrected chi connectivity index (χ2v) is 7.28. The molecule has 2 aromatic rings. The van der Waals surface area contributed by atoms with Crippen molar-refractivity contribution in [3.05, 3.63) is 54.1 Å². The molecule has 1 fully saturated rings. The van der Waals surface area contributed by atoms with Gasteiger partial charge >= 0.3 is 6.09 Å². The third-order valence-corrected chi connectivity index (χ3v) is 5.40. The largest absolute Gasteiger partial charge is 0.486 e. The van der Waals surface area contributed by atoms with Crippen molar-refractivity contribution in [2.75, 3.05) is 50.8 Å². The molecular weight excluding hydrogens is 370 g/mol. The van der Waals surface area contributed by atoms with Crippen LogP contribution in [0.2, 0.25) is 0 Å². The van der Waals surface area contributed by atoms with E-state index in [0.29, 0.717) is 13.2 Å². The number of rotatable bonds is 6. The fourth-order valence-electron chi connectivity index (χ4n) is 3.86. The maximum atomic E-state index is 11.3. The molecule has 0 aromatic heterocycles. The summed E-state index contributed by atoms with van der Waals surface area (Å²) < 4.78 is 16.7.